The highest BCUT2D eigenvalue weighted by Gasteiger charge is 2.29. The van der Waals surface area contributed by atoms with E-state index in [-0.39, 0.29) is 5.92 Å². The van der Waals surface area contributed by atoms with Crippen molar-refractivity contribution >= 4 is 11.8 Å². The zero-order chi connectivity index (χ0) is 14.3. The number of carbonyl (C=O) groups is 2. The first-order valence-electron chi connectivity index (χ1n) is 6.89. The molecule has 0 amide bonds. The highest BCUT2D eigenvalue weighted by molar-refractivity contribution is 6.07. The van der Waals surface area contributed by atoms with Crippen molar-refractivity contribution in [3.63, 3.8) is 0 Å². The summed E-state index contributed by atoms with van der Waals surface area (Å²) in [6.45, 7) is 4.00. The van der Waals surface area contributed by atoms with Gasteiger partial charge < -0.3 is 14.3 Å². The van der Waals surface area contributed by atoms with Crippen LogP contribution < -0.4 is 5.11 Å². The fourth-order valence-corrected chi connectivity index (χ4v) is 2.36. The van der Waals surface area contributed by atoms with E-state index in [1.807, 2.05) is 6.92 Å². The Labute approximate surface area is 113 Å². The van der Waals surface area contributed by atoms with Crippen LogP contribution in [0.4, 0.5) is 0 Å². The molecule has 2 unspecified atom stereocenters. The lowest BCUT2D eigenvalue weighted by atomic mass is 9.81. The number of hydrogen-bond donors (Lipinski definition) is 0. The molecular formula is C15H21O4-. The first kappa shape index (κ1) is 15.5. The van der Waals surface area contributed by atoms with Crippen LogP contribution in [0, 0.1) is 11.8 Å². The first-order valence-corrected chi connectivity index (χ1v) is 6.89. The molecule has 0 fully saturated rings. The Bertz CT molecular complexity index is 394. The predicted molar refractivity (Wildman–Crippen MR) is 69.5 cm³/mol. The lowest BCUT2D eigenvalue weighted by Gasteiger charge is -2.25. The average molecular weight is 265 g/mol. The van der Waals surface area contributed by atoms with Crippen molar-refractivity contribution in [2.45, 2.75) is 46.0 Å². The van der Waals surface area contributed by atoms with Gasteiger partial charge in [0.05, 0.1) is 23.7 Å². The van der Waals surface area contributed by atoms with Crippen molar-refractivity contribution in [3.05, 3.63) is 24.2 Å². The van der Waals surface area contributed by atoms with Crippen molar-refractivity contribution in [2.75, 3.05) is 0 Å². The van der Waals surface area contributed by atoms with Gasteiger partial charge in [-0.15, -0.1) is 0 Å². The minimum atomic E-state index is -1.28. The van der Waals surface area contributed by atoms with E-state index in [0.717, 1.165) is 25.7 Å². The van der Waals surface area contributed by atoms with Crippen LogP contribution in [0.5, 0.6) is 0 Å². The number of unbranched alkanes of at least 4 members (excludes halogenated alkanes) is 2. The molecule has 106 valence electrons. The lowest BCUT2D eigenvalue weighted by molar-refractivity contribution is -0.310. The second kappa shape index (κ2) is 7.77. The summed E-state index contributed by atoms with van der Waals surface area (Å²) in [5, 5.41) is 11.3. The van der Waals surface area contributed by atoms with Gasteiger partial charge in [-0.05, 0) is 18.4 Å². The average Bonchev–Trinajstić information content (AvgIpc) is 2.90. The van der Waals surface area contributed by atoms with Crippen LogP contribution in [0.3, 0.4) is 0 Å². The summed E-state index contributed by atoms with van der Waals surface area (Å²) in [7, 11) is 0. The number of hydrogen-bond acceptors (Lipinski definition) is 4. The molecule has 4 nitrogen and oxygen atoms in total. The van der Waals surface area contributed by atoms with Crippen LogP contribution in [0.25, 0.3) is 0 Å². The Kier molecular flexibility index (Phi) is 6.33. The number of carboxylic acid groups (broad SMARTS) is 1. The summed E-state index contributed by atoms with van der Waals surface area (Å²) in [5.74, 6) is -2.93. The van der Waals surface area contributed by atoms with E-state index in [9.17, 15) is 14.7 Å². The van der Waals surface area contributed by atoms with E-state index in [1.54, 1.807) is 0 Å². The van der Waals surface area contributed by atoms with Crippen LogP contribution in [0.15, 0.2) is 23.0 Å². The van der Waals surface area contributed by atoms with E-state index < -0.39 is 17.7 Å². The van der Waals surface area contributed by atoms with Crippen molar-refractivity contribution in [3.8, 4) is 0 Å². The Morgan fingerprint density at radius 2 is 2.05 bits per heavy atom. The molecule has 0 saturated carbocycles. The fourth-order valence-electron chi connectivity index (χ4n) is 2.36. The first-order chi connectivity index (χ1) is 9.11. The van der Waals surface area contributed by atoms with Gasteiger partial charge in [-0.2, -0.15) is 0 Å². The molecule has 0 aromatic carbocycles. The van der Waals surface area contributed by atoms with Gasteiger partial charge in [0.25, 0.3) is 0 Å². The molecule has 4 heteroatoms. The summed E-state index contributed by atoms with van der Waals surface area (Å²) >= 11 is 0. The molecule has 1 aromatic rings. The largest absolute Gasteiger partial charge is 0.549 e. The van der Waals surface area contributed by atoms with Crippen LogP contribution in [0.2, 0.25) is 0 Å². The zero-order valence-corrected chi connectivity index (χ0v) is 11.6. The van der Waals surface area contributed by atoms with E-state index in [2.05, 4.69) is 6.92 Å². The van der Waals surface area contributed by atoms with E-state index in [4.69, 9.17) is 4.42 Å². The second-order valence-electron chi connectivity index (χ2n) is 4.84. The summed E-state index contributed by atoms with van der Waals surface area (Å²) in [6, 6.07) is 1.50. The van der Waals surface area contributed by atoms with E-state index in [1.165, 1.54) is 18.6 Å². The topological polar surface area (TPSA) is 70.3 Å². The fraction of sp³-hybridized carbons (Fsp3) is 0.600. The molecule has 19 heavy (non-hydrogen) atoms. The van der Waals surface area contributed by atoms with Gasteiger partial charge in [0.2, 0.25) is 0 Å². The van der Waals surface area contributed by atoms with Gasteiger partial charge in [0.1, 0.15) is 6.26 Å². The molecule has 0 N–H and O–H groups in total. The number of aliphatic carboxylic acids is 1. The van der Waals surface area contributed by atoms with Gasteiger partial charge >= 0.3 is 0 Å². The third kappa shape index (κ3) is 4.23. The highest BCUT2D eigenvalue weighted by atomic mass is 16.4. The Morgan fingerprint density at radius 3 is 2.53 bits per heavy atom. The Balaban J connectivity index is 2.80. The number of carboxylic acids is 1. The Hall–Kier alpha value is -1.58. The molecule has 2 atom stereocenters. The van der Waals surface area contributed by atoms with Gasteiger partial charge in [-0.1, -0.05) is 39.5 Å². The third-order valence-corrected chi connectivity index (χ3v) is 3.52. The van der Waals surface area contributed by atoms with Crippen LogP contribution in [-0.4, -0.2) is 11.8 Å². The quantitative estimate of drug-likeness (QED) is 0.390. The summed E-state index contributed by atoms with van der Waals surface area (Å²) in [4.78, 5) is 23.5. The molecule has 0 aliphatic rings. The highest BCUT2D eigenvalue weighted by Crippen LogP contribution is 2.26. The van der Waals surface area contributed by atoms with E-state index >= 15 is 0 Å². The molecule has 0 spiro atoms. The zero-order valence-electron chi connectivity index (χ0n) is 11.6. The number of rotatable bonds is 9. The number of carbonyl (C=O) groups excluding carboxylic acids is 2. The molecule has 0 radical (unpaired) electrons. The van der Waals surface area contributed by atoms with Gasteiger partial charge in [-0.25, -0.2) is 0 Å². The van der Waals surface area contributed by atoms with Crippen LogP contribution in [-0.2, 0) is 4.79 Å². The molecule has 1 heterocycles. The van der Waals surface area contributed by atoms with Crippen LogP contribution in [0.1, 0.15) is 56.3 Å². The molecule has 0 aliphatic heterocycles. The molecular weight excluding hydrogens is 244 g/mol. The van der Waals surface area contributed by atoms with Crippen molar-refractivity contribution in [1.82, 2.24) is 0 Å². The Morgan fingerprint density at radius 1 is 1.32 bits per heavy atom. The molecule has 0 bridgehead atoms. The minimum Gasteiger partial charge on any atom is -0.549 e. The third-order valence-electron chi connectivity index (χ3n) is 3.52. The van der Waals surface area contributed by atoms with E-state index in [0.29, 0.717) is 12.0 Å². The number of Topliss-reactive ketones (excluding diaryl/α,β-unsaturated/α-hetero) is 1. The summed E-state index contributed by atoms with van der Waals surface area (Å²) in [5.41, 5.74) is 0.308. The van der Waals surface area contributed by atoms with Gasteiger partial charge in [0.15, 0.2) is 5.78 Å². The predicted octanol–water partition coefficient (Wildman–Crippen LogP) is 2.43. The number of furan rings is 1. The molecule has 0 saturated heterocycles. The van der Waals surface area contributed by atoms with Gasteiger partial charge in [0, 0.05) is 0 Å². The van der Waals surface area contributed by atoms with Crippen molar-refractivity contribution in [2.24, 2.45) is 11.8 Å². The van der Waals surface area contributed by atoms with Crippen LogP contribution >= 0.6 is 0 Å². The monoisotopic (exact) mass is 265 g/mol. The normalized spacial score (nSPS) is 14.0. The molecule has 1 aromatic heterocycles. The maximum atomic E-state index is 12.2. The summed E-state index contributed by atoms with van der Waals surface area (Å²) in [6.07, 6.45) is 7.13. The SMILES string of the molecule is CCCCCC(CC)C(C(=O)[O-])C(=O)c1ccoc1. The standard InChI is InChI=1S/C15H22O4/c1-3-5-6-7-11(4-2)13(15(17)18)14(16)12-8-9-19-10-12/h8-11,13H,3-7H2,1-2H3,(H,17,18)/p-1. The van der Waals surface area contributed by atoms with Gasteiger partial charge in [-0.3, -0.25) is 4.79 Å². The molecule has 1 rings (SSSR count). The maximum absolute atomic E-state index is 12.2. The molecule has 0 aliphatic carbocycles. The minimum absolute atomic E-state index is 0.168. The smallest absolute Gasteiger partial charge is 0.175 e. The summed E-state index contributed by atoms with van der Waals surface area (Å²) < 4.78 is 4.84. The maximum Gasteiger partial charge on any atom is 0.175 e. The lowest BCUT2D eigenvalue weighted by Crippen LogP contribution is -2.41. The number of ketones is 1. The van der Waals surface area contributed by atoms with Crippen molar-refractivity contribution in [1.29, 1.82) is 0 Å². The second-order valence-corrected chi connectivity index (χ2v) is 4.84. The van der Waals surface area contributed by atoms with Crippen molar-refractivity contribution < 1.29 is 19.1 Å².